The minimum Gasteiger partial charge on any atom is -0.345 e. The lowest BCUT2D eigenvalue weighted by molar-refractivity contribution is -0.131. The standard InChI is InChI=1S/C45H59F3N6O2/c1-42(2,3)36(51-40(55)32-18-22-44(7,46)23-19-32)38-49-26-34(53(38)8)30-14-10-28(11-15-30)29-12-16-31(17-13-29)35-27-50-39(54(35)9)37(43(4,5)6)52-41(56)33-20-24-45(47,48)25-21-33/h10-17,26-27,32-33,36-37H,18-25H2,1-9H3,(H,51,55)(H,52,56)/t32?,36-,37-,44?/m1/s1. The number of nitrogens with zero attached hydrogens (tertiary/aromatic N) is 4. The van der Waals surface area contributed by atoms with E-state index in [4.69, 9.17) is 9.97 Å². The van der Waals surface area contributed by atoms with Crippen molar-refractivity contribution in [3.05, 3.63) is 72.6 Å². The molecule has 2 aromatic heterocycles. The summed E-state index contributed by atoms with van der Waals surface area (Å²) in [6.07, 6.45) is 5.45. The molecule has 56 heavy (non-hydrogen) atoms. The average Bonchev–Trinajstić information content (AvgIpc) is 3.69. The van der Waals surface area contributed by atoms with Gasteiger partial charge in [0.15, 0.2) is 0 Å². The zero-order valence-electron chi connectivity index (χ0n) is 34.5. The smallest absolute Gasteiger partial charge is 0.248 e. The van der Waals surface area contributed by atoms with Crippen LogP contribution in [0.25, 0.3) is 33.6 Å². The third-order valence-corrected chi connectivity index (χ3v) is 12.1. The molecule has 2 amide bonds. The quantitative estimate of drug-likeness (QED) is 0.177. The van der Waals surface area contributed by atoms with Gasteiger partial charge in [0.25, 0.3) is 0 Å². The largest absolute Gasteiger partial charge is 0.345 e. The third kappa shape index (κ3) is 9.07. The van der Waals surface area contributed by atoms with E-state index >= 15 is 0 Å². The van der Waals surface area contributed by atoms with E-state index in [1.165, 1.54) is 0 Å². The highest BCUT2D eigenvalue weighted by Gasteiger charge is 2.40. The first kappa shape index (κ1) is 41.2. The van der Waals surface area contributed by atoms with Crippen molar-refractivity contribution in [1.82, 2.24) is 29.7 Å². The summed E-state index contributed by atoms with van der Waals surface area (Å²) in [7, 11) is 3.92. The molecule has 2 atom stereocenters. The molecule has 4 aromatic rings. The Hall–Kier alpha value is -4.41. The fraction of sp³-hybridized carbons (Fsp3) is 0.556. The summed E-state index contributed by atoms with van der Waals surface area (Å²) in [5.74, 6) is -2.03. The van der Waals surface area contributed by atoms with Crippen LogP contribution in [0, 0.1) is 22.7 Å². The van der Waals surface area contributed by atoms with Crippen LogP contribution < -0.4 is 10.6 Å². The minimum absolute atomic E-state index is 0.0322. The summed E-state index contributed by atoms with van der Waals surface area (Å²) in [6.45, 7) is 14.0. The van der Waals surface area contributed by atoms with E-state index in [0.29, 0.717) is 31.5 Å². The SMILES string of the molecule is Cn1c(-c2ccc(-c3ccc(-c4cnc([C@@H](NC(=O)C5CCC(F)(F)CC5)C(C)(C)C)n4C)cc3)cc2)cnc1[C@@H](NC(=O)C1CCC(C)(F)CC1)C(C)(C)C. The maximum Gasteiger partial charge on any atom is 0.248 e. The highest BCUT2D eigenvalue weighted by atomic mass is 19.3. The number of nitrogens with one attached hydrogen (secondary N) is 2. The number of hydrogen-bond acceptors (Lipinski definition) is 4. The van der Waals surface area contributed by atoms with Crippen molar-refractivity contribution in [2.24, 2.45) is 36.8 Å². The molecule has 0 bridgehead atoms. The second-order valence-corrected chi connectivity index (χ2v) is 18.7. The summed E-state index contributed by atoms with van der Waals surface area (Å²) >= 11 is 0. The fourth-order valence-corrected chi connectivity index (χ4v) is 8.23. The molecule has 2 N–H and O–H groups in total. The molecule has 2 fully saturated rings. The number of aromatic nitrogens is 4. The number of alkyl halides is 3. The number of rotatable bonds is 9. The van der Waals surface area contributed by atoms with Gasteiger partial charge in [0.2, 0.25) is 17.7 Å². The van der Waals surface area contributed by atoms with Gasteiger partial charge in [-0.05, 0) is 78.5 Å². The lowest BCUT2D eigenvalue weighted by atomic mass is 9.80. The Kier molecular flexibility index (Phi) is 11.4. The molecule has 0 radical (unpaired) electrons. The Balaban J connectivity index is 1.15. The van der Waals surface area contributed by atoms with Crippen molar-refractivity contribution in [3.8, 4) is 33.6 Å². The van der Waals surface area contributed by atoms with Crippen LogP contribution in [0.1, 0.15) is 124 Å². The van der Waals surface area contributed by atoms with Crippen molar-refractivity contribution >= 4 is 11.8 Å². The maximum atomic E-state index is 14.4. The first-order chi connectivity index (χ1) is 26.1. The topological polar surface area (TPSA) is 93.8 Å². The van der Waals surface area contributed by atoms with Gasteiger partial charge in [-0.1, -0.05) is 90.1 Å². The summed E-state index contributed by atoms with van der Waals surface area (Å²) in [5.41, 5.74) is 4.08. The van der Waals surface area contributed by atoms with Crippen molar-refractivity contribution < 1.29 is 22.8 Å². The van der Waals surface area contributed by atoms with Gasteiger partial charge in [-0.3, -0.25) is 9.59 Å². The first-order valence-electron chi connectivity index (χ1n) is 20.1. The van der Waals surface area contributed by atoms with Crippen LogP contribution in [0.3, 0.4) is 0 Å². The number of benzene rings is 2. The number of imidazole rings is 2. The van der Waals surface area contributed by atoms with Crippen molar-refractivity contribution in [3.63, 3.8) is 0 Å². The molecule has 2 aliphatic rings. The first-order valence-corrected chi connectivity index (χ1v) is 20.1. The van der Waals surface area contributed by atoms with Crippen LogP contribution in [-0.4, -0.2) is 42.5 Å². The normalized spacial score (nSPS) is 21.7. The maximum absolute atomic E-state index is 14.4. The molecule has 0 spiro atoms. The molecule has 2 saturated carbocycles. The molecular weight excluding hydrogens is 714 g/mol. The number of hydrogen-bond donors (Lipinski definition) is 2. The van der Waals surface area contributed by atoms with Crippen LogP contribution in [0.2, 0.25) is 0 Å². The zero-order chi connectivity index (χ0) is 40.8. The third-order valence-electron chi connectivity index (χ3n) is 12.1. The van der Waals surface area contributed by atoms with Crippen LogP contribution in [0.4, 0.5) is 13.2 Å². The van der Waals surface area contributed by atoms with Gasteiger partial charge in [-0.15, -0.1) is 0 Å². The number of amides is 2. The summed E-state index contributed by atoms with van der Waals surface area (Å²) in [5, 5.41) is 6.44. The molecule has 2 aromatic carbocycles. The predicted octanol–water partition coefficient (Wildman–Crippen LogP) is 10.3. The highest BCUT2D eigenvalue weighted by Crippen LogP contribution is 2.40. The summed E-state index contributed by atoms with van der Waals surface area (Å²) < 4.78 is 46.0. The molecular formula is C45H59F3N6O2. The van der Waals surface area contributed by atoms with Crippen LogP contribution >= 0.6 is 0 Å². The van der Waals surface area contributed by atoms with E-state index in [1.54, 1.807) is 6.92 Å². The van der Waals surface area contributed by atoms with Crippen molar-refractivity contribution in [1.29, 1.82) is 0 Å². The second kappa shape index (κ2) is 15.5. The molecule has 302 valence electrons. The van der Waals surface area contributed by atoms with E-state index in [9.17, 15) is 22.8 Å². The van der Waals surface area contributed by atoms with E-state index in [-0.39, 0.29) is 60.3 Å². The molecule has 11 heteroatoms. The van der Waals surface area contributed by atoms with Gasteiger partial charge in [0.1, 0.15) is 17.3 Å². The lowest BCUT2D eigenvalue weighted by Gasteiger charge is -2.35. The van der Waals surface area contributed by atoms with Crippen molar-refractivity contribution in [2.75, 3.05) is 0 Å². The molecule has 2 heterocycles. The Morgan fingerprint density at radius 1 is 0.625 bits per heavy atom. The summed E-state index contributed by atoms with van der Waals surface area (Å²) in [6, 6.07) is 15.9. The van der Waals surface area contributed by atoms with Crippen LogP contribution in [-0.2, 0) is 23.7 Å². The Morgan fingerprint density at radius 3 is 1.29 bits per heavy atom. The summed E-state index contributed by atoms with van der Waals surface area (Å²) in [4.78, 5) is 36.2. The molecule has 8 nitrogen and oxygen atoms in total. The predicted molar refractivity (Wildman–Crippen MR) is 215 cm³/mol. The molecule has 2 aliphatic carbocycles. The molecule has 0 aliphatic heterocycles. The van der Waals surface area contributed by atoms with Gasteiger partial charge >= 0.3 is 0 Å². The van der Waals surface area contributed by atoms with Gasteiger partial charge in [-0.2, -0.15) is 0 Å². The van der Waals surface area contributed by atoms with Gasteiger partial charge in [0.05, 0.1) is 35.9 Å². The van der Waals surface area contributed by atoms with Crippen LogP contribution in [0.15, 0.2) is 60.9 Å². The Morgan fingerprint density at radius 2 is 0.946 bits per heavy atom. The van der Waals surface area contributed by atoms with Gasteiger partial charge < -0.3 is 19.8 Å². The Bertz CT molecular complexity index is 1850. The number of carbonyl (C=O) groups excluding carboxylic acids is 2. The minimum atomic E-state index is -2.69. The molecule has 0 unspecified atom stereocenters. The lowest BCUT2D eigenvalue weighted by Crippen LogP contribution is -2.43. The van der Waals surface area contributed by atoms with E-state index < -0.39 is 23.6 Å². The highest BCUT2D eigenvalue weighted by molar-refractivity contribution is 5.80. The fourth-order valence-electron chi connectivity index (χ4n) is 8.23. The average molecular weight is 773 g/mol. The van der Waals surface area contributed by atoms with E-state index in [1.807, 2.05) is 51.8 Å². The Labute approximate surface area is 330 Å². The number of halogens is 3. The van der Waals surface area contributed by atoms with Gasteiger partial charge in [0, 0.05) is 38.8 Å². The van der Waals surface area contributed by atoms with Gasteiger partial charge in [-0.25, -0.2) is 23.1 Å². The molecule has 0 saturated heterocycles. The van der Waals surface area contributed by atoms with E-state index in [2.05, 4.69) is 84.5 Å². The zero-order valence-corrected chi connectivity index (χ0v) is 34.5. The van der Waals surface area contributed by atoms with Crippen molar-refractivity contribution in [2.45, 2.75) is 124 Å². The number of carbonyl (C=O) groups is 2. The van der Waals surface area contributed by atoms with Crippen LogP contribution in [0.5, 0.6) is 0 Å². The van der Waals surface area contributed by atoms with E-state index in [0.717, 1.165) is 39.5 Å². The monoisotopic (exact) mass is 772 g/mol. The molecule has 6 rings (SSSR count). The second-order valence-electron chi connectivity index (χ2n) is 18.7.